The molecule has 0 heterocycles. The monoisotopic (exact) mass is 158 g/mol. The number of rotatable bonds is 6. The molecule has 0 aliphatic rings. The van der Waals surface area contributed by atoms with Crippen LogP contribution in [-0.2, 0) is 14.3 Å². The van der Waals surface area contributed by atoms with E-state index in [1.165, 1.54) is 0 Å². The Balaban J connectivity index is 3.76. The number of ether oxygens (including phenoxy) is 1. The maximum absolute atomic E-state index is 10.3. The molecule has 0 fully saturated rings. The fourth-order valence-corrected chi connectivity index (χ4v) is 0.674. The van der Waals surface area contributed by atoms with Gasteiger partial charge in [0.25, 0.3) is 0 Å². The fraction of sp³-hybridized carbons (Fsp3) is 0.750. The lowest BCUT2D eigenvalue weighted by molar-refractivity contribution is -0.130. The first-order valence-electron chi connectivity index (χ1n) is 3.84. The summed E-state index contributed by atoms with van der Waals surface area (Å²) in [6.45, 7) is 3.69. The van der Waals surface area contributed by atoms with Crippen molar-refractivity contribution in [3.05, 3.63) is 0 Å². The van der Waals surface area contributed by atoms with Gasteiger partial charge in [-0.2, -0.15) is 0 Å². The van der Waals surface area contributed by atoms with Crippen molar-refractivity contribution in [3.63, 3.8) is 0 Å². The first kappa shape index (κ1) is 10.3. The Morgan fingerprint density at radius 2 is 1.45 bits per heavy atom. The van der Waals surface area contributed by atoms with E-state index in [1.54, 1.807) is 0 Å². The Morgan fingerprint density at radius 1 is 1.09 bits per heavy atom. The highest BCUT2D eigenvalue weighted by Gasteiger charge is 2.11. The minimum atomic E-state index is -0.426. The van der Waals surface area contributed by atoms with Gasteiger partial charge in [0.05, 0.1) is 0 Å². The maximum Gasteiger partial charge on any atom is 0.148 e. The van der Waals surface area contributed by atoms with Crippen LogP contribution >= 0.6 is 0 Å². The van der Waals surface area contributed by atoms with Gasteiger partial charge in [-0.1, -0.05) is 13.8 Å². The normalized spacial score (nSPS) is 15.5. The second-order valence-electron chi connectivity index (χ2n) is 2.30. The minimum Gasteiger partial charge on any atom is -0.360 e. The molecular formula is C8H14O3. The predicted molar refractivity (Wildman–Crippen MR) is 41.4 cm³/mol. The van der Waals surface area contributed by atoms with Crippen molar-refractivity contribution >= 4 is 12.6 Å². The van der Waals surface area contributed by atoms with Crippen LogP contribution in [0.15, 0.2) is 0 Å². The van der Waals surface area contributed by atoms with Gasteiger partial charge in [0.1, 0.15) is 24.8 Å². The van der Waals surface area contributed by atoms with Gasteiger partial charge in [-0.05, 0) is 12.8 Å². The van der Waals surface area contributed by atoms with E-state index >= 15 is 0 Å². The van der Waals surface area contributed by atoms with Crippen molar-refractivity contribution < 1.29 is 14.3 Å². The smallest absolute Gasteiger partial charge is 0.148 e. The molecule has 0 aliphatic heterocycles. The molecule has 0 radical (unpaired) electrons. The second kappa shape index (κ2) is 6.04. The van der Waals surface area contributed by atoms with Gasteiger partial charge in [0, 0.05) is 0 Å². The zero-order chi connectivity index (χ0) is 8.69. The van der Waals surface area contributed by atoms with Gasteiger partial charge >= 0.3 is 0 Å². The average molecular weight is 158 g/mol. The Bertz CT molecular complexity index is 109. The molecule has 0 amide bonds. The van der Waals surface area contributed by atoms with Crippen LogP contribution in [0.25, 0.3) is 0 Å². The molecule has 2 unspecified atom stereocenters. The van der Waals surface area contributed by atoms with Crippen LogP contribution in [0.4, 0.5) is 0 Å². The topological polar surface area (TPSA) is 43.4 Å². The van der Waals surface area contributed by atoms with Gasteiger partial charge in [0.2, 0.25) is 0 Å². The van der Waals surface area contributed by atoms with Gasteiger partial charge in [-0.15, -0.1) is 0 Å². The fourth-order valence-electron chi connectivity index (χ4n) is 0.674. The van der Waals surface area contributed by atoms with E-state index in [0.717, 1.165) is 12.6 Å². The van der Waals surface area contributed by atoms with Crippen molar-refractivity contribution in [1.29, 1.82) is 0 Å². The predicted octanol–water partition coefficient (Wildman–Crippen LogP) is 0.958. The Labute approximate surface area is 66.7 Å². The van der Waals surface area contributed by atoms with Crippen LogP contribution in [0.3, 0.4) is 0 Å². The summed E-state index contributed by atoms with van der Waals surface area (Å²) >= 11 is 0. The number of hydrogen-bond acceptors (Lipinski definition) is 3. The Morgan fingerprint density at radius 3 is 1.64 bits per heavy atom. The van der Waals surface area contributed by atoms with Crippen LogP contribution in [0.5, 0.6) is 0 Å². The zero-order valence-corrected chi connectivity index (χ0v) is 6.95. The van der Waals surface area contributed by atoms with Crippen LogP contribution in [0.2, 0.25) is 0 Å². The highest BCUT2D eigenvalue weighted by molar-refractivity contribution is 5.59. The largest absolute Gasteiger partial charge is 0.360 e. The van der Waals surface area contributed by atoms with E-state index in [1.807, 2.05) is 13.8 Å². The summed E-state index contributed by atoms with van der Waals surface area (Å²) < 4.78 is 5.11. The summed E-state index contributed by atoms with van der Waals surface area (Å²) in [5, 5.41) is 0. The number of carbonyl (C=O) groups is 2. The molecule has 0 N–H and O–H groups in total. The lowest BCUT2D eigenvalue weighted by Gasteiger charge is -2.13. The van der Waals surface area contributed by atoms with Gasteiger partial charge in [0.15, 0.2) is 0 Å². The Kier molecular flexibility index (Phi) is 5.65. The summed E-state index contributed by atoms with van der Waals surface area (Å²) in [6, 6.07) is 0. The summed E-state index contributed by atoms with van der Waals surface area (Å²) in [6.07, 6.45) is 1.84. The summed E-state index contributed by atoms with van der Waals surface area (Å²) in [4.78, 5) is 20.5. The summed E-state index contributed by atoms with van der Waals surface area (Å²) in [5.41, 5.74) is 0. The van der Waals surface area contributed by atoms with Crippen LogP contribution < -0.4 is 0 Å². The molecule has 0 rings (SSSR count). The molecule has 11 heavy (non-hydrogen) atoms. The average Bonchev–Trinajstić information content (AvgIpc) is 2.07. The Hall–Kier alpha value is -0.700. The number of hydrogen-bond donors (Lipinski definition) is 0. The van der Waals surface area contributed by atoms with Crippen LogP contribution in [-0.4, -0.2) is 24.8 Å². The molecule has 0 aromatic heterocycles. The van der Waals surface area contributed by atoms with E-state index in [-0.39, 0.29) is 0 Å². The standard InChI is InChI=1S/C8H14O3/c1-3-7(5-9)11-8(4-2)6-10/h5-8H,3-4H2,1-2H3. The third-order valence-corrected chi connectivity index (χ3v) is 1.46. The van der Waals surface area contributed by atoms with Crippen LogP contribution in [0.1, 0.15) is 26.7 Å². The third-order valence-electron chi connectivity index (χ3n) is 1.46. The highest BCUT2D eigenvalue weighted by Crippen LogP contribution is 2.01. The number of aldehydes is 2. The van der Waals surface area contributed by atoms with Gasteiger partial charge in [-0.25, -0.2) is 0 Å². The van der Waals surface area contributed by atoms with Gasteiger partial charge < -0.3 is 14.3 Å². The molecule has 3 heteroatoms. The lowest BCUT2D eigenvalue weighted by Crippen LogP contribution is -2.23. The third kappa shape index (κ3) is 3.88. The summed E-state index contributed by atoms with van der Waals surface area (Å²) in [7, 11) is 0. The highest BCUT2D eigenvalue weighted by atomic mass is 16.5. The molecule has 0 aliphatic carbocycles. The first-order valence-corrected chi connectivity index (χ1v) is 3.84. The lowest BCUT2D eigenvalue weighted by atomic mass is 10.2. The zero-order valence-electron chi connectivity index (χ0n) is 6.95. The second-order valence-corrected chi connectivity index (χ2v) is 2.30. The molecule has 0 saturated heterocycles. The molecule has 0 aromatic carbocycles. The SMILES string of the molecule is CCC(C=O)OC(C=O)CC. The molecule has 0 spiro atoms. The minimum absolute atomic E-state index is 0.426. The van der Waals surface area contributed by atoms with Crippen molar-refractivity contribution in [2.75, 3.05) is 0 Å². The van der Waals surface area contributed by atoms with Crippen molar-refractivity contribution in [1.82, 2.24) is 0 Å². The van der Waals surface area contributed by atoms with Crippen molar-refractivity contribution in [2.45, 2.75) is 38.9 Å². The van der Waals surface area contributed by atoms with Crippen LogP contribution in [0, 0.1) is 0 Å². The van der Waals surface area contributed by atoms with E-state index < -0.39 is 12.2 Å². The molecule has 2 atom stereocenters. The van der Waals surface area contributed by atoms with Crippen molar-refractivity contribution in [2.24, 2.45) is 0 Å². The number of carbonyl (C=O) groups excluding carboxylic acids is 2. The molecule has 3 nitrogen and oxygen atoms in total. The maximum atomic E-state index is 10.3. The first-order chi connectivity index (χ1) is 5.28. The summed E-state index contributed by atoms with van der Waals surface area (Å²) in [5.74, 6) is 0. The van der Waals surface area contributed by atoms with E-state index in [9.17, 15) is 9.59 Å². The molecule has 0 bridgehead atoms. The quantitative estimate of drug-likeness (QED) is 0.541. The molecule has 64 valence electrons. The molecule has 0 aromatic rings. The van der Waals surface area contributed by atoms with Crippen molar-refractivity contribution in [3.8, 4) is 0 Å². The molecule has 0 saturated carbocycles. The van der Waals surface area contributed by atoms with E-state index in [0.29, 0.717) is 12.8 Å². The van der Waals surface area contributed by atoms with Gasteiger partial charge in [-0.3, -0.25) is 0 Å². The van der Waals surface area contributed by atoms with E-state index in [4.69, 9.17) is 4.74 Å². The molecular weight excluding hydrogens is 144 g/mol. The van der Waals surface area contributed by atoms with E-state index in [2.05, 4.69) is 0 Å².